The summed E-state index contributed by atoms with van der Waals surface area (Å²) in [6, 6.07) is -0.0517. The van der Waals surface area contributed by atoms with Gasteiger partial charge in [0, 0.05) is 18.5 Å². The lowest BCUT2D eigenvalue weighted by molar-refractivity contribution is -0.124. The zero-order valence-electron chi connectivity index (χ0n) is 7.84. The number of nitrogens with one attached hydrogen (secondary N) is 1. The molecule has 3 heteroatoms. The van der Waals surface area contributed by atoms with E-state index in [4.69, 9.17) is 5.73 Å². The maximum atomic E-state index is 11.3. The van der Waals surface area contributed by atoms with Gasteiger partial charge in [-0.1, -0.05) is 6.92 Å². The van der Waals surface area contributed by atoms with Crippen molar-refractivity contribution < 1.29 is 4.79 Å². The fraction of sp³-hybridized carbons (Fsp3) is 0.889. The molecule has 0 aromatic heterocycles. The Balaban J connectivity index is 2.16. The van der Waals surface area contributed by atoms with Crippen LogP contribution in [0.2, 0.25) is 0 Å². The molecule has 70 valence electrons. The molecule has 0 saturated heterocycles. The Kier molecular flexibility index (Phi) is 3.09. The van der Waals surface area contributed by atoms with Gasteiger partial charge in [0.05, 0.1) is 0 Å². The van der Waals surface area contributed by atoms with E-state index in [9.17, 15) is 4.79 Å². The molecule has 1 aliphatic carbocycles. The minimum atomic E-state index is -0.0660. The van der Waals surface area contributed by atoms with Gasteiger partial charge in [0.1, 0.15) is 0 Å². The van der Waals surface area contributed by atoms with Crippen molar-refractivity contribution in [3.8, 4) is 0 Å². The Hall–Kier alpha value is -0.570. The highest BCUT2D eigenvalue weighted by Crippen LogP contribution is 2.27. The van der Waals surface area contributed by atoms with E-state index in [0.29, 0.717) is 0 Å². The molecule has 0 aromatic carbocycles. The van der Waals surface area contributed by atoms with E-state index >= 15 is 0 Å². The average molecular weight is 170 g/mol. The largest absolute Gasteiger partial charge is 0.356 e. The molecule has 3 N–H and O–H groups in total. The lowest BCUT2D eigenvalue weighted by Gasteiger charge is -2.14. The summed E-state index contributed by atoms with van der Waals surface area (Å²) in [5.41, 5.74) is 5.60. The first-order valence-electron chi connectivity index (χ1n) is 4.64. The van der Waals surface area contributed by atoms with Crippen molar-refractivity contribution in [2.75, 3.05) is 6.54 Å². The van der Waals surface area contributed by atoms with E-state index in [-0.39, 0.29) is 17.9 Å². The predicted octanol–water partition coefficient (Wildman–Crippen LogP) is 0.496. The summed E-state index contributed by atoms with van der Waals surface area (Å²) in [4.78, 5) is 11.3. The van der Waals surface area contributed by atoms with Crippen LogP contribution in [0.3, 0.4) is 0 Å². The Morgan fingerprint density at radius 1 is 1.58 bits per heavy atom. The molecule has 0 heterocycles. The van der Waals surface area contributed by atoms with Crippen LogP contribution in [0.25, 0.3) is 0 Å². The van der Waals surface area contributed by atoms with Crippen LogP contribution in [-0.4, -0.2) is 18.5 Å². The van der Waals surface area contributed by atoms with Crippen molar-refractivity contribution in [1.29, 1.82) is 0 Å². The molecule has 1 aliphatic rings. The first-order valence-corrected chi connectivity index (χ1v) is 4.64. The minimum Gasteiger partial charge on any atom is -0.356 e. The van der Waals surface area contributed by atoms with Gasteiger partial charge >= 0.3 is 0 Å². The molecule has 1 rings (SSSR count). The number of carbonyl (C=O) groups is 1. The zero-order chi connectivity index (χ0) is 9.14. The molecule has 1 fully saturated rings. The summed E-state index contributed by atoms with van der Waals surface area (Å²) >= 11 is 0. The SMILES string of the molecule is CC(N)C(C)C(=O)NCC1CC1. The topological polar surface area (TPSA) is 55.1 Å². The maximum Gasteiger partial charge on any atom is 0.224 e. The Labute approximate surface area is 73.7 Å². The average Bonchev–Trinajstić information content (AvgIpc) is 2.81. The van der Waals surface area contributed by atoms with Crippen LogP contribution in [0.15, 0.2) is 0 Å². The number of rotatable bonds is 4. The number of carbonyl (C=O) groups excluding carboxylic acids is 1. The van der Waals surface area contributed by atoms with E-state index < -0.39 is 0 Å². The van der Waals surface area contributed by atoms with Gasteiger partial charge in [0.15, 0.2) is 0 Å². The molecule has 2 atom stereocenters. The van der Waals surface area contributed by atoms with Crippen molar-refractivity contribution in [2.45, 2.75) is 32.7 Å². The lowest BCUT2D eigenvalue weighted by Crippen LogP contribution is -2.39. The van der Waals surface area contributed by atoms with Gasteiger partial charge in [0.2, 0.25) is 5.91 Å². The van der Waals surface area contributed by atoms with Crippen molar-refractivity contribution in [1.82, 2.24) is 5.32 Å². The highest BCUT2D eigenvalue weighted by atomic mass is 16.1. The van der Waals surface area contributed by atoms with Crippen LogP contribution in [0, 0.1) is 11.8 Å². The highest BCUT2D eigenvalue weighted by Gasteiger charge is 2.23. The second kappa shape index (κ2) is 3.90. The monoisotopic (exact) mass is 170 g/mol. The van der Waals surface area contributed by atoms with Gasteiger partial charge in [-0.3, -0.25) is 4.79 Å². The molecule has 12 heavy (non-hydrogen) atoms. The van der Waals surface area contributed by atoms with Gasteiger partial charge in [-0.05, 0) is 25.7 Å². The normalized spacial score (nSPS) is 21.6. The van der Waals surface area contributed by atoms with Crippen LogP contribution >= 0.6 is 0 Å². The third-order valence-electron chi connectivity index (χ3n) is 2.46. The predicted molar refractivity (Wildman–Crippen MR) is 48.5 cm³/mol. The Bertz CT molecular complexity index is 164. The molecular weight excluding hydrogens is 152 g/mol. The van der Waals surface area contributed by atoms with Gasteiger partial charge in [0.25, 0.3) is 0 Å². The number of hydrogen-bond donors (Lipinski definition) is 2. The van der Waals surface area contributed by atoms with Crippen molar-refractivity contribution in [3.05, 3.63) is 0 Å². The summed E-state index contributed by atoms with van der Waals surface area (Å²) in [5.74, 6) is 0.773. The Morgan fingerprint density at radius 2 is 2.17 bits per heavy atom. The quantitative estimate of drug-likeness (QED) is 0.645. The van der Waals surface area contributed by atoms with Crippen LogP contribution in [0.5, 0.6) is 0 Å². The van der Waals surface area contributed by atoms with Crippen molar-refractivity contribution in [2.24, 2.45) is 17.6 Å². The van der Waals surface area contributed by atoms with Gasteiger partial charge in [-0.25, -0.2) is 0 Å². The van der Waals surface area contributed by atoms with Gasteiger partial charge in [-0.15, -0.1) is 0 Å². The fourth-order valence-electron chi connectivity index (χ4n) is 0.967. The summed E-state index contributed by atoms with van der Waals surface area (Å²) in [7, 11) is 0. The van der Waals surface area contributed by atoms with Crippen LogP contribution in [0.4, 0.5) is 0 Å². The second-order valence-electron chi connectivity index (χ2n) is 3.84. The molecule has 0 aliphatic heterocycles. The summed E-state index contributed by atoms with van der Waals surface area (Å²) in [6.07, 6.45) is 2.54. The first kappa shape index (κ1) is 9.52. The second-order valence-corrected chi connectivity index (χ2v) is 3.84. The molecule has 2 unspecified atom stereocenters. The molecule has 3 nitrogen and oxygen atoms in total. The number of hydrogen-bond acceptors (Lipinski definition) is 2. The van der Waals surface area contributed by atoms with E-state index in [2.05, 4.69) is 5.32 Å². The smallest absolute Gasteiger partial charge is 0.224 e. The number of amides is 1. The van der Waals surface area contributed by atoms with Gasteiger partial charge < -0.3 is 11.1 Å². The lowest BCUT2D eigenvalue weighted by atomic mass is 10.0. The van der Waals surface area contributed by atoms with Crippen molar-refractivity contribution in [3.63, 3.8) is 0 Å². The Morgan fingerprint density at radius 3 is 2.58 bits per heavy atom. The van der Waals surface area contributed by atoms with E-state index in [1.165, 1.54) is 12.8 Å². The molecule has 0 spiro atoms. The van der Waals surface area contributed by atoms with Gasteiger partial charge in [-0.2, -0.15) is 0 Å². The molecule has 0 aromatic rings. The number of nitrogens with two attached hydrogens (primary N) is 1. The molecule has 1 saturated carbocycles. The molecule has 1 amide bonds. The van der Waals surface area contributed by atoms with Crippen LogP contribution < -0.4 is 11.1 Å². The van der Waals surface area contributed by atoms with Crippen LogP contribution in [-0.2, 0) is 4.79 Å². The molecule has 0 radical (unpaired) electrons. The van der Waals surface area contributed by atoms with Crippen LogP contribution in [0.1, 0.15) is 26.7 Å². The fourth-order valence-corrected chi connectivity index (χ4v) is 0.967. The van der Waals surface area contributed by atoms with E-state index in [0.717, 1.165) is 12.5 Å². The highest BCUT2D eigenvalue weighted by molar-refractivity contribution is 5.78. The first-order chi connectivity index (χ1) is 5.61. The third-order valence-corrected chi connectivity index (χ3v) is 2.46. The van der Waals surface area contributed by atoms with E-state index in [1.807, 2.05) is 13.8 Å². The molecule has 0 bridgehead atoms. The standard InChI is InChI=1S/C9H18N2O/c1-6(7(2)10)9(12)11-5-8-3-4-8/h6-8H,3-5,10H2,1-2H3,(H,11,12). The summed E-state index contributed by atoms with van der Waals surface area (Å²) < 4.78 is 0. The van der Waals surface area contributed by atoms with Crippen molar-refractivity contribution >= 4 is 5.91 Å². The zero-order valence-corrected chi connectivity index (χ0v) is 7.84. The molecular formula is C9H18N2O. The third kappa shape index (κ3) is 2.81. The summed E-state index contributed by atoms with van der Waals surface area (Å²) in [6.45, 7) is 4.57. The maximum absolute atomic E-state index is 11.3. The summed E-state index contributed by atoms with van der Waals surface area (Å²) in [5, 5.41) is 2.91. The van der Waals surface area contributed by atoms with E-state index in [1.54, 1.807) is 0 Å². The minimum absolute atomic E-state index is 0.0517.